The van der Waals surface area contributed by atoms with Crippen molar-refractivity contribution in [3.63, 3.8) is 0 Å². The molecule has 2 aromatic carbocycles. The highest BCUT2D eigenvalue weighted by Crippen LogP contribution is 2.32. The highest BCUT2D eigenvalue weighted by atomic mass is 32.2. The molecule has 3 aromatic rings. The number of carbonyl (C=O) groups excluding carboxylic acids is 1. The molecular weight excluding hydrogens is 318 g/mol. The first-order valence-corrected chi connectivity index (χ1v) is 9.13. The van der Waals surface area contributed by atoms with E-state index in [0.717, 1.165) is 41.5 Å². The van der Waals surface area contributed by atoms with E-state index in [-0.39, 0.29) is 11.8 Å². The summed E-state index contributed by atoms with van der Waals surface area (Å²) in [4.78, 5) is 14.6. The van der Waals surface area contributed by atoms with Crippen molar-refractivity contribution in [3.8, 4) is 0 Å². The van der Waals surface area contributed by atoms with Crippen LogP contribution in [-0.4, -0.2) is 16.1 Å². The first kappa shape index (κ1) is 15.3. The summed E-state index contributed by atoms with van der Waals surface area (Å²) in [5.74, 6) is 0.881. The number of aromatic nitrogens is 2. The third kappa shape index (κ3) is 3.17. The predicted octanol–water partition coefficient (Wildman–Crippen LogP) is 4.84. The zero-order valence-corrected chi connectivity index (χ0v) is 14.1. The SMILES string of the molecule is O=C(Nc1n[nH]c2cc(Sc3ccccc3)ccc12)C1CCCC1. The molecule has 1 aliphatic rings. The van der Waals surface area contributed by atoms with Gasteiger partial charge in [-0.15, -0.1) is 0 Å². The van der Waals surface area contributed by atoms with Gasteiger partial charge in [-0.3, -0.25) is 9.89 Å². The summed E-state index contributed by atoms with van der Waals surface area (Å²) in [7, 11) is 0. The van der Waals surface area contributed by atoms with Gasteiger partial charge in [-0.1, -0.05) is 42.8 Å². The highest BCUT2D eigenvalue weighted by molar-refractivity contribution is 7.99. The van der Waals surface area contributed by atoms with E-state index >= 15 is 0 Å². The summed E-state index contributed by atoms with van der Waals surface area (Å²) in [6.45, 7) is 0. The van der Waals surface area contributed by atoms with Gasteiger partial charge in [0.25, 0.3) is 0 Å². The Balaban J connectivity index is 1.53. The lowest BCUT2D eigenvalue weighted by molar-refractivity contribution is -0.119. The lowest BCUT2D eigenvalue weighted by Crippen LogP contribution is -2.20. The molecule has 0 bridgehead atoms. The Morgan fingerprint density at radius 3 is 2.67 bits per heavy atom. The number of aromatic amines is 1. The first-order chi connectivity index (χ1) is 11.8. The molecule has 1 aliphatic carbocycles. The number of nitrogens with one attached hydrogen (secondary N) is 2. The van der Waals surface area contributed by atoms with Crippen LogP contribution in [0.25, 0.3) is 10.9 Å². The number of amides is 1. The fourth-order valence-electron chi connectivity index (χ4n) is 3.19. The second kappa shape index (κ2) is 6.69. The van der Waals surface area contributed by atoms with Crippen molar-refractivity contribution >= 4 is 34.4 Å². The third-order valence-electron chi connectivity index (χ3n) is 4.48. The molecule has 1 amide bonds. The molecule has 1 saturated carbocycles. The van der Waals surface area contributed by atoms with Crippen LogP contribution in [0.3, 0.4) is 0 Å². The lowest BCUT2D eigenvalue weighted by atomic mass is 10.1. The topological polar surface area (TPSA) is 57.8 Å². The van der Waals surface area contributed by atoms with E-state index in [1.165, 1.54) is 4.90 Å². The molecule has 1 fully saturated rings. The standard InChI is InChI=1S/C19H19N3OS/c23-19(13-6-4-5-7-13)20-18-16-11-10-15(12-17(16)21-22-18)24-14-8-2-1-3-9-14/h1-3,8-13H,4-7H2,(H2,20,21,22,23). The van der Waals surface area contributed by atoms with Crippen LogP contribution in [0.15, 0.2) is 58.3 Å². The minimum atomic E-state index is 0.101. The van der Waals surface area contributed by atoms with Gasteiger partial charge in [0.2, 0.25) is 5.91 Å². The molecule has 122 valence electrons. The fraction of sp³-hybridized carbons (Fsp3) is 0.263. The van der Waals surface area contributed by atoms with Crippen LogP contribution < -0.4 is 5.32 Å². The van der Waals surface area contributed by atoms with Crippen molar-refractivity contribution < 1.29 is 4.79 Å². The normalized spacial score (nSPS) is 15.0. The molecule has 5 heteroatoms. The summed E-state index contributed by atoms with van der Waals surface area (Å²) >= 11 is 1.71. The Bertz CT molecular complexity index is 853. The molecule has 0 saturated heterocycles. The van der Waals surface area contributed by atoms with E-state index in [2.05, 4.69) is 39.8 Å². The number of nitrogens with zero attached hydrogens (tertiary/aromatic N) is 1. The van der Waals surface area contributed by atoms with Crippen molar-refractivity contribution in [3.05, 3.63) is 48.5 Å². The van der Waals surface area contributed by atoms with Gasteiger partial charge in [-0.2, -0.15) is 5.10 Å². The fourth-order valence-corrected chi connectivity index (χ4v) is 4.07. The van der Waals surface area contributed by atoms with Crippen LogP contribution in [0.5, 0.6) is 0 Å². The van der Waals surface area contributed by atoms with Gasteiger partial charge in [0.05, 0.1) is 5.52 Å². The molecule has 0 aliphatic heterocycles. The zero-order chi connectivity index (χ0) is 16.4. The number of carbonyl (C=O) groups is 1. The van der Waals surface area contributed by atoms with Crippen LogP contribution in [0.4, 0.5) is 5.82 Å². The molecule has 0 unspecified atom stereocenters. The van der Waals surface area contributed by atoms with E-state index in [4.69, 9.17) is 0 Å². The Labute approximate surface area is 145 Å². The second-order valence-corrected chi connectivity index (χ2v) is 7.31. The summed E-state index contributed by atoms with van der Waals surface area (Å²) in [6, 6.07) is 16.4. The minimum absolute atomic E-state index is 0.101. The Hall–Kier alpha value is -2.27. The van der Waals surface area contributed by atoms with E-state index in [1.807, 2.05) is 24.3 Å². The average molecular weight is 337 g/mol. The molecule has 1 heterocycles. The van der Waals surface area contributed by atoms with E-state index in [9.17, 15) is 4.79 Å². The molecule has 24 heavy (non-hydrogen) atoms. The summed E-state index contributed by atoms with van der Waals surface area (Å²) in [5.41, 5.74) is 0.942. The van der Waals surface area contributed by atoms with Crippen molar-refractivity contribution in [1.29, 1.82) is 0 Å². The van der Waals surface area contributed by atoms with Gasteiger partial charge in [-0.05, 0) is 43.2 Å². The zero-order valence-electron chi connectivity index (χ0n) is 13.3. The summed E-state index contributed by atoms with van der Waals surface area (Å²) in [5, 5.41) is 11.3. The van der Waals surface area contributed by atoms with Crippen molar-refractivity contribution in [1.82, 2.24) is 10.2 Å². The van der Waals surface area contributed by atoms with E-state index in [0.29, 0.717) is 5.82 Å². The smallest absolute Gasteiger partial charge is 0.228 e. The first-order valence-electron chi connectivity index (χ1n) is 8.31. The maximum atomic E-state index is 12.3. The van der Waals surface area contributed by atoms with E-state index < -0.39 is 0 Å². The van der Waals surface area contributed by atoms with Gasteiger partial charge < -0.3 is 5.32 Å². The van der Waals surface area contributed by atoms with Gasteiger partial charge in [0, 0.05) is 21.1 Å². The van der Waals surface area contributed by atoms with Crippen LogP contribution in [0.1, 0.15) is 25.7 Å². The Morgan fingerprint density at radius 1 is 1.08 bits per heavy atom. The van der Waals surface area contributed by atoms with Crippen molar-refractivity contribution in [2.24, 2.45) is 5.92 Å². The third-order valence-corrected chi connectivity index (χ3v) is 5.48. The van der Waals surface area contributed by atoms with E-state index in [1.54, 1.807) is 11.8 Å². The van der Waals surface area contributed by atoms with Crippen molar-refractivity contribution in [2.45, 2.75) is 35.5 Å². The number of hydrogen-bond donors (Lipinski definition) is 2. The number of fused-ring (bicyclic) bond motifs is 1. The summed E-state index contributed by atoms with van der Waals surface area (Å²) < 4.78 is 0. The maximum Gasteiger partial charge on any atom is 0.228 e. The molecule has 0 radical (unpaired) electrons. The highest BCUT2D eigenvalue weighted by Gasteiger charge is 2.23. The van der Waals surface area contributed by atoms with Crippen LogP contribution in [0.2, 0.25) is 0 Å². The number of H-pyrrole nitrogens is 1. The maximum absolute atomic E-state index is 12.3. The van der Waals surface area contributed by atoms with Crippen LogP contribution in [-0.2, 0) is 4.79 Å². The Kier molecular flexibility index (Phi) is 4.26. The van der Waals surface area contributed by atoms with Gasteiger partial charge in [-0.25, -0.2) is 0 Å². The molecular formula is C19H19N3OS. The largest absolute Gasteiger partial charge is 0.308 e. The predicted molar refractivity (Wildman–Crippen MR) is 97.2 cm³/mol. The molecule has 4 rings (SSSR count). The summed E-state index contributed by atoms with van der Waals surface area (Å²) in [6.07, 6.45) is 4.29. The number of rotatable bonds is 4. The average Bonchev–Trinajstić information content (AvgIpc) is 3.26. The quantitative estimate of drug-likeness (QED) is 0.716. The van der Waals surface area contributed by atoms with Gasteiger partial charge in [0.1, 0.15) is 0 Å². The monoisotopic (exact) mass is 337 g/mol. The Morgan fingerprint density at radius 2 is 1.88 bits per heavy atom. The van der Waals surface area contributed by atoms with Crippen molar-refractivity contribution in [2.75, 3.05) is 5.32 Å². The van der Waals surface area contributed by atoms with Gasteiger partial charge >= 0.3 is 0 Å². The molecule has 2 N–H and O–H groups in total. The number of anilines is 1. The molecule has 4 nitrogen and oxygen atoms in total. The molecule has 1 aromatic heterocycles. The second-order valence-electron chi connectivity index (χ2n) is 6.17. The van der Waals surface area contributed by atoms with Crippen LogP contribution in [0, 0.1) is 5.92 Å². The minimum Gasteiger partial charge on any atom is -0.308 e. The lowest BCUT2D eigenvalue weighted by Gasteiger charge is -2.08. The van der Waals surface area contributed by atoms with Gasteiger partial charge in [0.15, 0.2) is 5.82 Å². The molecule has 0 atom stereocenters. The number of hydrogen-bond acceptors (Lipinski definition) is 3. The number of benzene rings is 2. The molecule has 0 spiro atoms. The van der Waals surface area contributed by atoms with Crippen LogP contribution >= 0.6 is 11.8 Å².